The maximum absolute atomic E-state index is 14.2. The molecule has 1 spiro atoms. The molecule has 7 rings (SSSR count). The number of nitrogens with one attached hydrogen (secondary N) is 4. The maximum atomic E-state index is 14.2. The third-order valence-electron chi connectivity index (χ3n) is 9.62. The Bertz CT molecular complexity index is 2010. The molecule has 55 heavy (non-hydrogen) atoms. The van der Waals surface area contributed by atoms with Crippen LogP contribution in [0.5, 0.6) is 11.5 Å². The zero-order chi connectivity index (χ0) is 39.0. The van der Waals surface area contributed by atoms with Crippen LogP contribution in [-0.4, -0.2) is 99.4 Å². The highest BCUT2D eigenvalue weighted by molar-refractivity contribution is 5.97. The number of pyridine rings is 1. The summed E-state index contributed by atoms with van der Waals surface area (Å²) in [4.78, 5) is 82.6. The van der Waals surface area contributed by atoms with Crippen LogP contribution in [0.15, 0.2) is 85.3 Å². The number of hydrogen-bond acceptors (Lipinski definition) is 10. The van der Waals surface area contributed by atoms with Crippen molar-refractivity contribution in [2.45, 2.75) is 63.8 Å². The first-order valence-electron chi connectivity index (χ1n) is 18.2. The minimum Gasteiger partial charge on any atom is -0.492 e. The number of amides is 5. The van der Waals surface area contributed by atoms with Crippen molar-refractivity contribution in [1.29, 1.82) is 0 Å². The number of hydrogen-bond donors (Lipinski definition) is 4. The summed E-state index contributed by atoms with van der Waals surface area (Å²) in [7, 11) is 0. The first-order chi connectivity index (χ1) is 26.5. The zero-order valence-electron chi connectivity index (χ0n) is 30.9. The van der Waals surface area contributed by atoms with E-state index in [1.54, 1.807) is 61.5 Å². The molecule has 2 bridgehead atoms. The monoisotopic (exact) mass is 748 g/mol. The van der Waals surface area contributed by atoms with E-state index >= 15 is 0 Å². The van der Waals surface area contributed by atoms with Gasteiger partial charge in [0.25, 0.3) is 11.8 Å². The molecule has 5 heterocycles. The fourth-order valence-electron chi connectivity index (χ4n) is 6.38. The average Bonchev–Trinajstić information content (AvgIpc) is 3.20. The number of aryl methyl sites for hydroxylation is 1. The molecule has 0 saturated carbocycles. The second kappa shape index (κ2) is 17.2. The highest BCUT2D eigenvalue weighted by Crippen LogP contribution is 2.31. The first kappa shape index (κ1) is 38.3. The van der Waals surface area contributed by atoms with Crippen molar-refractivity contribution in [3.63, 3.8) is 0 Å². The van der Waals surface area contributed by atoms with Crippen molar-refractivity contribution in [2.24, 2.45) is 0 Å². The summed E-state index contributed by atoms with van der Waals surface area (Å²) in [6.45, 7) is 5.49. The van der Waals surface area contributed by atoms with Crippen LogP contribution in [0.3, 0.4) is 0 Å². The summed E-state index contributed by atoms with van der Waals surface area (Å²) in [6, 6.07) is 16.4. The van der Waals surface area contributed by atoms with E-state index in [0.29, 0.717) is 28.6 Å². The van der Waals surface area contributed by atoms with Gasteiger partial charge in [0.15, 0.2) is 11.4 Å². The summed E-state index contributed by atoms with van der Waals surface area (Å²) < 4.78 is 12.2. The normalized spacial score (nSPS) is 20.9. The number of fused-ring (bicyclic) bond motifs is 15. The number of ether oxygens (including phenoxy) is 2. The molecule has 3 aliphatic rings. The molecule has 1 fully saturated rings. The average molecular weight is 749 g/mol. The van der Waals surface area contributed by atoms with E-state index in [-0.39, 0.29) is 51.4 Å². The Morgan fingerprint density at radius 3 is 2.24 bits per heavy atom. The summed E-state index contributed by atoms with van der Waals surface area (Å²) in [5.41, 5.74) is 0.910. The Morgan fingerprint density at radius 1 is 0.836 bits per heavy atom. The van der Waals surface area contributed by atoms with Crippen LogP contribution < -0.4 is 30.7 Å². The van der Waals surface area contributed by atoms with Gasteiger partial charge in [0, 0.05) is 56.5 Å². The van der Waals surface area contributed by atoms with Gasteiger partial charge in [-0.1, -0.05) is 30.3 Å². The highest BCUT2D eigenvalue weighted by atomic mass is 16.5. The molecule has 1 saturated heterocycles. The van der Waals surface area contributed by atoms with E-state index in [9.17, 15) is 24.0 Å². The fourth-order valence-corrected chi connectivity index (χ4v) is 6.38. The molecule has 0 aliphatic carbocycles. The van der Waals surface area contributed by atoms with Gasteiger partial charge < -0.3 is 35.6 Å². The van der Waals surface area contributed by atoms with E-state index in [2.05, 4.69) is 36.2 Å². The highest BCUT2D eigenvalue weighted by Gasteiger charge is 2.46. The zero-order valence-corrected chi connectivity index (χ0v) is 30.9. The van der Waals surface area contributed by atoms with Gasteiger partial charge in [-0.2, -0.15) is 0 Å². The van der Waals surface area contributed by atoms with Gasteiger partial charge in [0.2, 0.25) is 17.7 Å². The van der Waals surface area contributed by atoms with Crippen LogP contribution in [0.2, 0.25) is 0 Å². The van der Waals surface area contributed by atoms with Gasteiger partial charge >= 0.3 is 0 Å². The lowest BCUT2D eigenvalue weighted by Gasteiger charge is -2.41. The van der Waals surface area contributed by atoms with Crippen molar-refractivity contribution in [2.75, 3.05) is 26.2 Å². The molecule has 5 amide bonds. The Kier molecular flexibility index (Phi) is 12.0. The van der Waals surface area contributed by atoms with Gasteiger partial charge in [-0.15, -0.1) is 0 Å². The van der Waals surface area contributed by atoms with Crippen molar-refractivity contribution in [1.82, 2.24) is 41.1 Å². The lowest BCUT2D eigenvalue weighted by atomic mass is 9.89. The molecule has 286 valence electrons. The van der Waals surface area contributed by atoms with E-state index in [4.69, 9.17) is 9.47 Å². The lowest BCUT2D eigenvalue weighted by Crippen LogP contribution is -2.61. The number of nitrogens with zero attached hydrogens (tertiary/aromatic N) is 4. The standard InChI is InChI=1S/C40H44N8O7/c1-25-32(24-43-34(44-25)29-10-7-17-41-23-29)38(52)48-19-15-40(16-20-48)39(53)46-27(3)36(50)47-33(22-28-8-5-4-6-9-28)37(51)45-26(2)35(49)42-18-21-54-30-11-13-31(55-40)14-12-30/h4-14,17,23-24,26-27,33H,15-16,18-22H2,1-3H3,(H,42,49)(H,45,51)(H,46,53)(H,47,50)/t26-,27-,33-/m0/s1. The molecule has 2 aromatic carbocycles. The van der Waals surface area contributed by atoms with E-state index in [1.165, 1.54) is 13.1 Å². The smallest absolute Gasteiger partial charge is 0.264 e. The van der Waals surface area contributed by atoms with Crippen LogP contribution in [0.1, 0.15) is 48.3 Å². The topological polar surface area (TPSA) is 194 Å². The van der Waals surface area contributed by atoms with E-state index in [0.717, 1.165) is 11.1 Å². The number of benzene rings is 2. The van der Waals surface area contributed by atoms with Gasteiger partial charge in [-0.3, -0.25) is 29.0 Å². The van der Waals surface area contributed by atoms with Crippen LogP contribution in [0, 0.1) is 6.92 Å². The second-order valence-corrected chi connectivity index (χ2v) is 13.6. The summed E-state index contributed by atoms with van der Waals surface area (Å²) in [6.07, 6.45) is 5.18. The molecule has 0 radical (unpaired) electrons. The molecule has 4 aromatic rings. The molecular formula is C40H44N8O7. The van der Waals surface area contributed by atoms with E-state index < -0.39 is 47.4 Å². The van der Waals surface area contributed by atoms with Crippen molar-refractivity contribution in [3.05, 3.63) is 102 Å². The predicted molar refractivity (Wildman–Crippen MR) is 201 cm³/mol. The van der Waals surface area contributed by atoms with E-state index in [1.807, 2.05) is 36.4 Å². The minimum atomic E-state index is -1.45. The largest absolute Gasteiger partial charge is 0.492 e. The molecule has 15 nitrogen and oxygen atoms in total. The van der Waals surface area contributed by atoms with Gasteiger partial charge in [-0.05, 0) is 62.7 Å². The number of likely N-dealkylation sites (tertiary alicyclic amines) is 1. The lowest BCUT2D eigenvalue weighted by molar-refractivity contribution is -0.143. The number of aromatic nitrogens is 3. The van der Waals surface area contributed by atoms with Crippen LogP contribution in [0.4, 0.5) is 0 Å². The number of rotatable bonds is 4. The molecular weight excluding hydrogens is 704 g/mol. The number of piperidine rings is 1. The van der Waals surface area contributed by atoms with Crippen LogP contribution >= 0.6 is 0 Å². The van der Waals surface area contributed by atoms with Crippen molar-refractivity contribution < 1.29 is 33.4 Å². The fraction of sp³-hybridized carbons (Fsp3) is 0.350. The number of carbonyl (C=O) groups excluding carboxylic acids is 5. The summed E-state index contributed by atoms with van der Waals surface area (Å²) in [5.74, 6) is -1.07. The minimum absolute atomic E-state index is 0.113. The molecule has 3 aliphatic heterocycles. The summed E-state index contributed by atoms with van der Waals surface area (Å²) in [5, 5.41) is 11.0. The Morgan fingerprint density at radius 2 is 1.55 bits per heavy atom. The Labute approximate surface area is 318 Å². The predicted octanol–water partition coefficient (Wildman–Crippen LogP) is 2.15. The molecule has 0 unspecified atom stereocenters. The Balaban J connectivity index is 1.22. The Hall–Kier alpha value is -6.38. The van der Waals surface area contributed by atoms with Crippen LogP contribution in [-0.2, 0) is 25.6 Å². The maximum Gasteiger partial charge on any atom is 0.264 e. The van der Waals surface area contributed by atoms with Crippen LogP contribution in [0.25, 0.3) is 11.4 Å². The quantitative estimate of drug-likeness (QED) is 0.225. The molecule has 15 heteroatoms. The molecule has 3 atom stereocenters. The van der Waals surface area contributed by atoms with Gasteiger partial charge in [0.05, 0.1) is 17.8 Å². The van der Waals surface area contributed by atoms with Crippen molar-refractivity contribution >= 4 is 29.5 Å². The third kappa shape index (κ3) is 9.41. The summed E-state index contributed by atoms with van der Waals surface area (Å²) >= 11 is 0. The second-order valence-electron chi connectivity index (χ2n) is 13.6. The molecule has 4 N–H and O–H groups in total. The van der Waals surface area contributed by atoms with Gasteiger partial charge in [0.1, 0.15) is 36.2 Å². The SMILES string of the molecule is Cc1nc(-c2cccnc2)ncc1C(=O)N1CCC2(CC1)Oc1ccc(cc1)OCCNC(=O)[C@H](C)NC(=O)[C@H](Cc1ccccc1)NC(=O)[C@H](C)NC2=O. The molecule has 2 aromatic heterocycles. The van der Waals surface area contributed by atoms with Crippen molar-refractivity contribution in [3.8, 4) is 22.9 Å². The number of carbonyl (C=O) groups is 5. The van der Waals surface area contributed by atoms with Gasteiger partial charge in [-0.25, -0.2) is 9.97 Å². The third-order valence-corrected chi connectivity index (χ3v) is 9.62. The first-order valence-corrected chi connectivity index (χ1v) is 18.2.